The van der Waals surface area contributed by atoms with Gasteiger partial charge in [-0.05, 0) is 55.8 Å². The molecular formula is C24H21FN4O2S2. The summed E-state index contributed by atoms with van der Waals surface area (Å²) >= 11 is 2.79. The van der Waals surface area contributed by atoms with Crippen LogP contribution in [0.3, 0.4) is 0 Å². The molecule has 0 saturated heterocycles. The quantitative estimate of drug-likeness (QED) is 0.339. The van der Waals surface area contributed by atoms with Gasteiger partial charge in [0.1, 0.15) is 27.3 Å². The predicted molar refractivity (Wildman–Crippen MR) is 130 cm³/mol. The number of anilines is 1. The Kier molecular flexibility index (Phi) is 7.00. The monoisotopic (exact) mass is 480 g/mol. The number of benzene rings is 2. The van der Waals surface area contributed by atoms with Crippen molar-refractivity contribution in [1.82, 2.24) is 15.2 Å². The third kappa shape index (κ3) is 5.37. The van der Waals surface area contributed by atoms with Crippen molar-refractivity contribution in [2.24, 2.45) is 0 Å². The second kappa shape index (κ2) is 10.1. The van der Waals surface area contributed by atoms with E-state index in [2.05, 4.69) is 20.5 Å². The van der Waals surface area contributed by atoms with Gasteiger partial charge in [-0.1, -0.05) is 30.0 Å². The summed E-state index contributed by atoms with van der Waals surface area (Å²) in [7, 11) is 1.64. The summed E-state index contributed by atoms with van der Waals surface area (Å²) in [6.45, 7) is 3.61. The lowest BCUT2D eigenvalue weighted by atomic mass is 10.2. The molecule has 0 bridgehead atoms. The average Bonchev–Trinajstić information content (AvgIpc) is 3.21. The number of thiazole rings is 1. The number of amides is 1. The summed E-state index contributed by atoms with van der Waals surface area (Å²) < 4.78 is 19.1. The highest BCUT2D eigenvalue weighted by Gasteiger charge is 2.16. The largest absolute Gasteiger partial charge is 0.496 e. The van der Waals surface area contributed by atoms with E-state index in [0.29, 0.717) is 16.3 Å². The molecule has 9 heteroatoms. The zero-order chi connectivity index (χ0) is 23.4. The van der Waals surface area contributed by atoms with Crippen molar-refractivity contribution in [3.05, 3.63) is 71.7 Å². The van der Waals surface area contributed by atoms with Crippen LogP contribution in [0.25, 0.3) is 21.1 Å². The molecule has 0 aliphatic carbocycles. The normalized spacial score (nSPS) is 10.8. The minimum atomic E-state index is -0.353. The number of nitrogens with zero attached hydrogens (tertiary/aromatic N) is 3. The smallest absolute Gasteiger partial charge is 0.234 e. The number of methoxy groups -OCH3 is 1. The zero-order valence-electron chi connectivity index (χ0n) is 18.3. The summed E-state index contributed by atoms with van der Waals surface area (Å²) in [6, 6.07) is 16.1. The molecule has 4 rings (SSSR count). The second-order valence-corrected chi connectivity index (χ2v) is 9.19. The van der Waals surface area contributed by atoms with Gasteiger partial charge in [-0.15, -0.1) is 21.5 Å². The molecule has 168 valence electrons. The van der Waals surface area contributed by atoms with Crippen molar-refractivity contribution < 1.29 is 13.9 Å². The van der Waals surface area contributed by atoms with Crippen LogP contribution in [0, 0.1) is 19.7 Å². The summed E-state index contributed by atoms with van der Waals surface area (Å²) in [5.74, 6) is 0.312. The van der Waals surface area contributed by atoms with Crippen LogP contribution in [0.15, 0.2) is 59.6 Å². The molecule has 6 nitrogen and oxygen atoms in total. The van der Waals surface area contributed by atoms with E-state index in [4.69, 9.17) is 4.74 Å². The topological polar surface area (TPSA) is 77.0 Å². The summed E-state index contributed by atoms with van der Waals surface area (Å²) in [6.07, 6.45) is 0. The highest BCUT2D eigenvalue weighted by molar-refractivity contribution is 7.99. The molecule has 1 N–H and O–H groups in total. The number of para-hydroxylation sites is 1. The molecule has 2 aromatic heterocycles. The van der Waals surface area contributed by atoms with E-state index in [1.54, 1.807) is 26.2 Å². The van der Waals surface area contributed by atoms with E-state index in [-0.39, 0.29) is 17.5 Å². The number of nitrogens with one attached hydrogen (secondary N) is 1. The SMILES string of the molecule is COc1ccccc1-c1nc(C)c(-c2ccc(SCC(=O)Nc3ccc(C)c(F)c3)nn2)s1. The molecule has 0 aliphatic rings. The molecule has 0 fully saturated rings. The summed E-state index contributed by atoms with van der Waals surface area (Å²) in [5, 5.41) is 12.7. The number of rotatable bonds is 7. The van der Waals surface area contributed by atoms with E-state index < -0.39 is 0 Å². The van der Waals surface area contributed by atoms with Gasteiger partial charge in [0.05, 0.1) is 29.0 Å². The van der Waals surface area contributed by atoms with Gasteiger partial charge < -0.3 is 10.1 Å². The number of carbonyl (C=O) groups is 1. The number of ether oxygens (including phenoxy) is 1. The molecule has 33 heavy (non-hydrogen) atoms. The van der Waals surface area contributed by atoms with Gasteiger partial charge in [0.25, 0.3) is 0 Å². The molecule has 0 spiro atoms. The molecule has 0 saturated carbocycles. The van der Waals surface area contributed by atoms with Crippen LogP contribution in [0.4, 0.5) is 10.1 Å². The van der Waals surface area contributed by atoms with E-state index in [0.717, 1.165) is 32.6 Å². The van der Waals surface area contributed by atoms with Crippen molar-refractivity contribution in [3.8, 4) is 26.9 Å². The summed E-state index contributed by atoms with van der Waals surface area (Å²) in [4.78, 5) is 17.8. The Balaban J connectivity index is 1.42. The van der Waals surface area contributed by atoms with Crippen LogP contribution in [0.1, 0.15) is 11.3 Å². The number of halogens is 1. The number of carbonyl (C=O) groups excluding carboxylic acids is 1. The van der Waals surface area contributed by atoms with Gasteiger partial charge in [-0.25, -0.2) is 9.37 Å². The third-order valence-corrected chi connectivity index (χ3v) is 6.95. The van der Waals surface area contributed by atoms with Gasteiger partial charge in [0, 0.05) is 5.69 Å². The molecule has 0 unspecified atom stereocenters. The molecular weight excluding hydrogens is 459 g/mol. The Morgan fingerprint density at radius 1 is 1.12 bits per heavy atom. The van der Waals surface area contributed by atoms with Crippen LogP contribution in [-0.2, 0) is 4.79 Å². The standard InChI is InChI=1S/C24H21FN4O2S2/c1-14-8-9-16(12-18(14)25)27-21(30)13-32-22-11-10-19(28-29-22)23-15(2)26-24(33-23)17-6-4-5-7-20(17)31-3/h4-12H,13H2,1-3H3,(H,27,30). The third-order valence-electron chi connectivity index (χ3n) is 4.81. The van der Waals surface area contributed by atoms with Gasteiger partial charge in [-0.2, -0.15) is 0 Å². The summed E-state index contributed by atoms with van der Waals surface area (Å²) in [5.41, 5.74) is 3.47. The molecule has 1 amide bonds. The molecule has 0 aliphatic heterocycles. The zero-order valence-corrected chi connectivity index (χ0v) is 19.9. The first-order valence-electron chi connectivity index (χ1n) is 10.1. The van der Waals surface area contributed by atoms with E-state index >= 15 is 0 Å². The van der Waals surface area contributed by atoms with Crippen molar-refractivity contribution >= 4 is 34.7 Å². The van der Waals surface area contributed by atoms with Gasteiger partial charge in [0.2, 0.25) is 5.91 Å². The Morgan fingerprint density at radius 3 is 2.67 bits per heavy atom. The fourth-order valence-electron chi connectivity index (χ4n) is 3.10. The van der Waals surface area contributed by atoms with Gasteiger partial charge >= 0.3 is 0 Å². The van der Waals surface area contributed by atoms with Crippen LogP contribution < -0.4 is 10.1 Å². The number of hydrogen-bond donors (Lipinski definition) is 1. The lowest BCUT2D eigenvalue weighted by Crippen LogP contribution is -2.14. The first-order valence-corrected chi connectivity index (χ1v) is 11.9. The van der Waals surface area contributed by atoms with Crippen molar-refractivity contribution in [2.45, 2.75) is 18.9 Å². The Bertz CT molecular complexity index is 1290. The van der Waals surface area contributed by atoms with E-state index in [1.165, 1.54) is 29.2 Å². The Morgan fingerprint density at radius 2 is 1.94 bits per heavy atom. The molecule has 4 aromatic rings. The molecule has 2 heterocycles. The van der Waals surface area contributed by atoms with Crippen LogP contribution >= 0.6 is 23.1 Å². The second-order valence-electron chi connectivity index (χ2n) is 7.19. The number of aryl methyl sites for hydroxylation is 2. The average molecular weight is 481 g/mol. The van der Waals surface area contributed by atoms with Crippen molar-refractivity contribution in [3.63, 3.8) is 0 Å². The van der Waals surface area contributed by atoms with Gasteiger partial charge in [-0.3, -0.25) is 4.79 Å². The lowest BCUT2D eigenvalue weighted by molar-refractivity contribution is -0.113. The van der Waals surface area contributed by atoms with Gasteiger partial charge in [0.15, 0.2) is 0 Å². The van der Waals surface area contributed by atoms with Crippen molar-refractivity contribution in [1.29, 1.82) is 0 Å². The molecule has 0 atom stereocenters. The van der Waals surface area contributed by atoms with Crippen LogP contribution in [0.2, 0.25) is 0 Å². The fourth-order valence-corrected chi connectivity index (χ4v) is 4.77. The van der Waals surface area contributed by atoms with Crippen LogP contribution in [0.5, 0.6) is 5.75 Å². The number of thioether (sulfide) groups is 1. The minimum absolute atomic E-state index is 0.140. The minimum Gasteiger partial charge on any atom is -0.496 e. The highest BCUT2D eigenvalue weighted by atomic mass is 32.2. The number of hydrogen-bond acceptors (Lipinski definition) is 7. The Labute approximate surface area is 199 Å². The lowest BCUT2D eigenvalue weighted by Gasteiger charge is -2.06. The first-order chi connectivity index (χ1) is 15.9. The molecule has 2 aromatic carbocycles. The molecule has 0 radical (unpaired) electrons. The maximum Gasteiger partial charge on any atom is 0.234 e. The number of aromatic nitrogens is 3. The van der Waals surface area contributed by atoms with Crippen LogP contribution in [-0.4, -0.2) is 34.0 Å². The fraction of sp³-hybridized carbons (Fsp3) is 0.167. The van der Waals surface area contributed by atoms with Crippen molar-refractivity contribution in [2.75, 3.05) is 18.2 Å². The van der Waals surface area contributed by atoms with E-state index in [9.17, 15) is 9.18 Å². The van der Waals surface area contributed by atoms with E-state index in [1.807, 2.05) is 43.3 Å². The first kappa shape index (κ1) is 22.9. The maximum atomic E-state index is 13.6. The highest BCUT2D eigenvalue weighted by Crippen LogP contribution is 2.38. The maximum absolute atomic E-state index is 13.6. The Hall–Kier alpha value is -3.30. The predicted octanol–water partition coefficient (Wildman–Crippen LogP) is 5.76.